The van der Waals surface area contributed by atoms with Gasteiger partial charge in [0.2, 0.25) is 0 Å². The summed E-state index contributed by atoms with van der Waals surface area (Å²) in [7, 11) is 0. The first-order valence-corrected chi connectivity index (χ1v) is 13.0. The Morgan fingerprint density at radius 1 is 0.444 bits per heavy atom. The summed E-state index contributed by atoms with van der Waals surface area (Å²) in [4.78, 5) is 0. The van der Waals surface area contributed by atoms with Crippen LogP contribution in [-0.2, 0) is 0 Å². The summed E-state index contributed by atoms with van der Waals surface area (Å²) >= 11 is 3.79. The van der Waals surface area contributed by atoms with Crippen LogP contribution < -0.4 is 0 Å². The minimum Gasteiger partial charge on any atom is -0.309 e. The van der Waals surface area contributed by atoms with Crippen LogP contribution in [0.5, 0.6) is 0 Å². The Morgan fingerprint density at radius 3 is 1.94 bits per heavy atom. The Morgan fingerprint density at radius 2 is 1.11 bits per heavy atom. The number of hydrogen-bond donors (Lipinski definition) is 0. The largest absolute Gasteiger partial charge is 0.309 e. The van der Waals surface area contributed by atoms with Gasteiger partial charge in [-0.25, -0.2) is 0 Å². The summed E-state index contributed by atoms with van der Waals surface area (Å²) in [5.74, 6) is 0. The molecule has 168 valence electrons. The quantitative estimate of drug-likeness (QED) is 0.199. The zero-order valence-corrected chi connectivity index (χ0v) is 21.0. The summed E-state index contributed by atoms with van der Waals surface area (Å²) < 4.78 is 3.57. The van der Waals surface area contributed by atoms with Crippen LogP contribution in [-0.4, -0.2) is 4.57 Å². The minimum atomic E-state index is 1.14. The van der Waals surface area contributed by atoms with Crippen molar-refractivity contribution in [2.24, 2.45) is 0 Å². The van der Waals surface area contributed by atoms with Crippen molar-refractivity contribution in [2.45, 2.75) is 0 Å². The van der Waals surface area contributed by atoms with Crippen molar-refractivity contribution in [1.82, 2.24) is 4.57 Å². The van der Waals surface area contributed by atoms with Gasteiger partial charge in [-0.3, -0.25) is 0 Å². The fraction of sp³-hybridized carbons (Fsp3) is 0. The zero-order chi connectivity index (χ0) is 23.8. The normalized spacial score (nSPS) is 12.0. The standard InChI is InChI=1S/C34H20BrN/c35-29-18-14-22-11-12-24-20-31-34(28-17-16-26(29)32(22)33(24)28)27-15-13-23(21-7-3-1-4-8-21)19-30(27)36(31)25-9-5-2-6-10-25/h1-20H. The molecule has 0 N–H and O–H groups in total. The first-order chi connectivity index (χ1) is 17.8. The van der Waals surface area contributed by atoms with Crippen molar-refractivity contribution >= 4 is 70.1 Å². The highest BCUT2D eigenvalue weighted by Crippen LogP contribution is 2.44. The fourth-order valence-corrected chi connectivity index (χ4v) is 6.47. The highest BCUT2D eigenvalue weighted by molar-refractivity contribution is 9.10. The van der Waals surface area contributed by atoms with E-state index in [1.165, 1.54) is 70.9 Å². The van der Waals surface area contributed by atoms with Gasteiger partial charge >= 0.3 is 0 Å². The van der Waals surface area contributed by atoms with Crippen molar-refractivity contribution in [1.29, 1.82) is 0 Å². The Labute approximate surface area is 216 Å². The minimum absolute atomic E-state index is 1.14. The van der Waals surface area contributed by atoms with E-state index < -0.39 is 0 Å². The molecule has 0 bridgehead atoms. The lowest BCUT2D eigenvalue weighted by molar-refractivity contribution is 1.18. The van der Waals surface area contributed by atoms with Gasteiger partial charge in [0, 0.05) is 20.9 Å². The van der Waals surface area contributed by atoms with E-state index in [0.29, 0.717) is 0 Å². The van der Waals surface area contributed by atoms with E-state index in [1.807, 2.05) is 0 Å². The van der Waals surface area contributed by atoms with Gasteiger partial charge < -0.3 is 4.57 Å². The van der Waals surface area contributed by atoms with Crippen LogP contribution in [0.1, 0.15) is 0 Å². The van der Waals surface area contributed by atoms with Crippen LogP contribution in [0.2, 0.25) is 0 Å². The van der Waals surface area contributed by atoms with E-state index >= 15 is 0 Å². The molecule has 0 amide bonds. The van der Waals surface area contributed by atoms with Crippen molar-refractivity contribution in [2.75, 3.05) is 0 Å². The molecular formula is C34H20BrN. The van der Waals surface area contributed by atoms with Crippen molar-refractivity contribution in [3.05, 3.63) is 126 Å². The monoisotopic (exact) mass is 521 g/mol. The third-order valence-corrected chi connectivity index (χ3v) is 8.27. The van der Waals surface area contributed by atoms with Gasteiger partial charge in [0.25, 0.3) is 0 Å². The molecule has 1 heterocycles. The van der Waals surface area contributed by atoms with Crippen LogP contribution in [0.15, 0.2) is 126 Å². The average molecular weight is 522 g/mol. The number of para-hydroxylation sites is 1. The van der Waals surface area contributed by atoms with Crippen molar-refractivity contribution in [3.8, 4) is 16.8 Å². The molecule has 2 heteroatoms. The molecule has 0 atom stereocenters. The summed E-state index contributed by atoms with van der Waals surface area (Å²) in [5.41, 5.74) is 6.11. The van der Waals surface area contributed by atoms with Crippen LogP contribution in [0.4, 0.5) is 0 Å². The lowest BCUT2D eigenvalue weighted by Crippen LogP contribution is -1.94. The van der Waals surface area contributed by atoms with Gasteiger partial charge in [-0.05, 0) is 73.8 Å². The highest BCUT2D eigenvalue weighted by atomic mass is 79.9. The van der Waals surface area contributed by atoms with Gasteiger partial charge in [-0.15, -0.1) is 0 Å². The topological polar surface area (TPSA) is 4.93 Å². The molecule has 0 spiro atoms. The molecule has 0 fully saturated rings. The predicted molar refractivity (Wildman–Crippen MR) is 158 cm³/mol. The molecule has 0 aliphatic rings. The van der Waals surface area contributed by atoms with Gasteiger partial charge in [0.05, 0.1) is 11.0 Å². The predicted octanol–water partition coefficient (Wildman–Crippen LogP) is 10.1. The fourth-order valence-electron chi connectivity index (χ4n) is 6.01. The maximum absolute atomic E-state index is 3.79. The smallest absolute Gasteiger partial charge is 0.0553 e. The molecule has 8 rings (SSSR count). The first kappa shape index (κ1) is 20.1. The molecular weight excluding hydrogens is 502 g/mol. The number of benzene rings is 7. The molecule has 1 nitrogen and oxygen atoms in total. The van der Waals surface area contributed by atoms with E-state index in [-0.39, 0.29) is 0 Å². The van der Waals surface area contributed by atoms with Crippen LogP contribution in [0.25, 0.3) is 70.9 Å². The molecule has 0 saturated heterocycles. The SMILES string of the molecule is Brc1ccc2ccc3cc4c(c5ccc1c2c35)c1ccc(-c2ccccc2)cc1n4-c1ccccc1. The van der Waals surface area contributed by atoms with E-state index in [2.05, 4.69) is 142 Å². The molecule has 0 aliphatic heterocycles. The number of aromatic nitrogens is 1. The third kappa shape index (κ3) is 2.71. The van der Waals surface area contributed by atoms with Crippen LogP contribution in [0, 0.1) is 0 Å². The zero-order valence-electron chi connectivity index (χ0n) is 19.4. The van der Waals surface area contributed by atoms with Gasteiger partial charge in [0.1, 0.15) is 0 Å². The Hall–Kier alpha value is -4.14. The Balaban J connectivity index is 1.60. The summed E-state index contributed by atoms with van der Waals surface area (Å²) in [6.07, 6.45) is 0. The molecule has 8 aromatic rings. The third-order valence-electron chi connectivity index (χ3n) is 7.58. The van der Waals surface area contributed by atoms with Gasteiger partial charge in [-0.2, -0.15) is 0 Å². The summed E-state index contributed by atoms with van der Waals surface area (Å²) in [5, 5.41) is 10.4. The van der Waals surface area contributed by atoms with Gasteiger partial charge in [0.15, 0.2) is 0 Å². The molecule has 0 unspecified atom stereocenters. The highest BCUT2D eigenvalue weighted by Gasteiger charge is 2.19. The maximum Gasteiger partial charge on any atom is 0.0553 e. The second kappa shape index (κ2) is 7.43. The van der Waals surface area contributed by atoms with E-state index in [4.69, 9.17) is 0 Å². The molecule has 0 saturated carbocycles. The summed E-state index contributed by atoms with van der Waals surface area (Å²) in [6, 6.07) is 44.2. The first-order valence-electron chi connectivity index (χ1n) is 12.2. The Kier molecular flexibility index (Phi) is 4.15. The molecule has 0 radical (unpaired) electrons. The van der Waals surface area contributed by atoms with Crippen LogP contribution in [0.3, 0.4) is 0 Å². The lowest BCUT2D eigenvalue weighted by Gasteiger charge is -2.14. The number of hydrogen-bond acceptors (Lipinski definition) is 0. The Bertz CT molecular complexity index is 2090. The van der Waals surface area contributed by atoms with Crippen molar-refractivity contribution < 1.29 is 0 Å². The van der Waals surface area contributed by atoms with Crippen molar-refractivity contribution in [3.63, 3.8) is 0 Å². The number of rotatable bonds is 2. The van der Waals surface area contributed by atoms with Crippen LogP contribution >= 0.6 is 15.9 Å². The average Bonchev–Trinajstić information content (AvgIpc) is 3.27. The second-order valence-electron chi connectivity index (χ2n) is 9.51. The molecule has 36 heavy (non-hydrogen) atoms. The van der Waals surface area contributed by atoms with Gasteiger partial charge in [-0.1, -0.05) is 107 Å². The number of nitrogens with zero attached hydrogens (tertiary/aromatic N) is 1. The molecule has 1 aromatic heterocycles. The molecule has 0 aliphatic carbocycles. The van der Waals surface area contributed by atoms with E-state index in [1.54, 1.807) is 0 Å². The maximum atomic E-state index is 3.79. The second-order valence-corrected chi connectivity index (χ2v) is 10.4. The summed E-state index contributed by atoms with van der Waals surface area (Å²) in [6.45, 7) is 0. The lowest BCUT2D eigenvalue weighted by atomic mass is 9.92. The van der Waals surface area contributed by atoms with E-state index in [9.17, 15) is 0 Å². The van der Waals surface area contributed by atoms with E-state index in [0.717, 1.165) is 4.47 Å². The number of fused-ring (bicyclic) bond motifs is 4. The number of halogens is 1. The molecule has 7 aromatic carbocycles.